The summed E-state index contributed by atoms with van der Waals surface area (Å²) in [7, 11) is -1.81. The van der Waals surface area contributed by atoms with E-state index >= 15 is 0 Å². The lowest BCUT2D eigenvalue weighted by Crippen LogP contribution is -2.28. The van der Waals surface area contributed by atoms with Gasteiger partial charge in [0.1, 0.15) is 6.33 Å². The number of fused-ring (bicyclic) bond motifs is 1. The van der Waals surface area contributed by atoms with E-state index in [-0.39, 0.29) is 10.9 Å². The number of nitrogens with zero attached hydrogens (tertiary/aromatic N) is 5. The van der Waals surface area contributed by atoms with Gasteiger partial charge in [-0.3, -0.25) is 9.20 Å². The van der Waals surface area contributed by atoms with Crippen LogP contribution in [-0.2, 0) is 16.9 Å². The van der Waals surface area contributed by atoms with E-state index in [9.17, 15) is 13.2 Å². The normalized spacial score (nSPS) is 13.1. The fraction of sp³-hybridized carbons (Fsp3) is 0.286. The summed E-state index contributed by atoms with van der Waals surface area (Å²) in [6.45, 7) is 1.76. The molecule has 126 valence electrons. The second-order valence-electron chi connectivity index (χ2n) is 5.47. The summed E-state index contributed by atoms with van der Waals surface area (Å²) in [6, 6.07) is 4.62. The predicted octanol–water partition coefficient (Wildman–Crippen LogP) is 0.357. The van der Waals surface area contributed by atoms with Crippen molar-refractivity contribution in [3.63, 3.8) is 0 Å². The van der Waals surface area contributed by atoms with Gasteiger partial charge in [-0.2, -0.15) is 0 Å². The van der Waals surface area contributed by atoms with Crippen LogP contribution in [0.3, 0.4) is 0 Å². The number of aryl methyl sites for hydroxylation is 1. The Kier molecular flexibility index (Phi) is 3.84. The quantitative estimate of drug-likeness (QED) is 0.728. The summed E-state index contributed by atoms with van der Waals surface area (Å²) in [6.07, 6.45) is 4.14. The van der Waals surface area contributed by atoms with Gasteiger partial charge in [-0.05, 0) is 19.1 Å². The Morgan fingerprint density at radius 1 is 1.33 bits per heavy atom. The van der Waals surface area contributed by atoms with Gasteiger partial charge >= 0.3 is 0 Å². The number of amides is 1. The van der Waals surface area contributed by atoms with Gasteiger partial charge in [-0.25, -0.2) is 13.4 Å². The van der Waals surface area contributed by atoms with Crippen LogP contribution >= 0.6 is 0 Å². The molecule has 0 aromatic carbocycles. The molecule has 3 aromatic heterocycles. The summed E-state index contributed by atoms with van der Waals surface area (Å²) in [4.78, 5) is 16.6. The van der Waals surface area contributed by atoms with Crippen LogP contribution in [0.25, 0.3) is 5.52 Å². The molecule has 0 unspecified atom stereocenters. The summed E-state index contributed by atoms with van der Waals surface area (Å²) >= 11 is 0. The van der Waals surface area contributed by atoms with Gasteiger partial charge in [-0.1, -0.05) is 6.07 Å². The number of rotatable bonds is 4. The smallest absolute Gasteiger partial charge is 0.272 e. The highest BCUT2D eigenvalue weighted by Gasteiger charge is 2.24. The van der Waals surface area contributed by atoms with Crippen LogP contribution in [0.2, 0.25) is 0 Å². The molecule has 0 radical (unpaired) electrons. The first-order valence-corrected chi connectivity index (χ1v) is 9.00. The highest BCUT2D eigenvalue weighted by Crippen LogP contribution is 2.18. The monoisotopic (exact) mass is 348 g/mol. The van der Waals surface area contributed by atoms with Crippen molar-refractivity contribution in [2.75, 3.05) is 6.26 Å². The minimum atomic E-state index is -3.58. The second kappa shape index (κ2) is 5.71. The van der Waals surface area contributed by atoms with Crippen LogP contribution in [-0.4, -0.2) is 44.7 Å². The molecule has 1 atom stereocenters. The van der Waals surface area contributed by atoms with Gasteiger partial charge in [-0.15, -0.1) is 10.2 Å². The van der Waals surface area contributed by atoms with Crippen LogP contribution in [0.15, 0.2) is 35.9 Å². The second-order valence-corrected chi connectivity index (χ2v) is 7.38. The van der Waals surface area contributed by atoms with Crippen molar-refractivity contribution in [1.82, 2.24) is 29.5 Å². The third-order valence-corrected chi connectivity index (χ3v) is 4.50. The van der Waals surface area contributed by atoms with Crippen LogP contribution < -0.4 is 5.32 Å². The van der Waals surface area contributed by atoms with Crippen LogP contribution in [0, 0.1) is 0 Å². The molecular weight excluding hydrogens is 332 g/mol. The van der Waals surface area contributed by atoms with Crippen molar-refractivity contribution in [1.29, 1.82) is 0 Å². The average molecular weight is 348 g/mol. The van der Waals surface area contributed by atoms with Crippen molar-refractivity contribution < 1.29 is 13.2 Å². The molecular formula is C14H16N6O3S. The highest BCUT2D eigenvalue weighted by molar-refractivity contribution is 7.90. The Morgan fingerprint density at radius 3 is 2.71 bits per heavy atom. The molecule has 1 amide bonds. The Balaban J connectivity index is 2.00. The van der Waals surface area contributed by atoms with E-state index in [0.29, 0.717) is 11.3 Å². The minimum absolute atomic E-state index is 0.0463. The zero-order chi connectivity index (χ0) is 17.5. The first-order chi connectivity index (χ1) is 11.3. The number of carbonyl (C=O) groups excluding carboxylic acids is 1. The standard InChI is InChI=1S/C14H16N6O3S/c1-9(12-18-15-8-19(12)2)16-13(21)11-10-6-4-5-7-20(10)14(17-11)24(3,22)23/h4-9H,1-3H3,(H,16,21)/t9-/m1/s1. The maximum Gasteiger partial charge on any atom is 0.272 e. The first kappa shape index (κ1) is 16.1. The molecule has 3 rings (SSSR count). The van der Waals surface area contributed by atoms with Crippen molar-refractivity contribution in [2.24, 2.45) is 7.05 Å². The lowest BCUT2D eigenvalue weighted by molar-refractivity contribution is 0.0934. The first-order valence-electron chi connectivity index (χ1n) is 7.11. The lowest BCUT2D eigenvalue weighted by atomic mass is 10.2. The molecule has 0 aliphatic rings. The van der Waals surface area contributed by atoms with Gasteiger partial charge in [0.05, 0.1) is 11.6 Å². The molecule has 0 spiro atoms. The number of imidazole rings is 1. The molecule has 0 saturated carbocycles. The van der Waals surface area contributed by atoms with E-state index < -0.39 is 21.8 Å². The number of sulfone groups is 1. The third kappa shape index (κ3) is 2.75. The minimum Gasteiger partial charge on any atom is -0.341 e. The molecule has 3 aromatic rings. The van der Waals surface area contributed by atoms with E-state index in [0.717, 1.165) is 6.26 Å². The fourth-order valence-corrected chi connectivity index (χ4v) is 3.23. The van der Waals surface area contributed by atoms with Crippen molar-refractivity contribution in [3.8, 4) is 0 Å². The summed E-state index contributed by atoms with van der Waals surface area (Å²) in [5.74, 6) is 0.0966. The molecule has 0 aliphatic heterocycles. The Bertz CT molecular complexity index is 1020. The maximum atomic E-state index is 12.6. The molecule has 3 heterocycles. The summed E-state index contributed by atoms with van der Waals surface area (Å²) in [5, 5.41) is 10.3. The van der Waals surface area contributed by atoms with Crippen LogP contribution in [0.4, 0.5) is 0 Å². The van der Waals surface area contributed by atoms with Crippen molar-refractivity contribution >= 4 is 21.3 Å². The molecule has 0 saturated heterocycles. The lowest BCUT2D eigenvalue weighted by Gasteiger charge is -2.11. The van der Waals surface area contributed by atoms with Gasteiger partial charge in [0.15, 0.2) is 11.5 Å². The molecule has 0 bridgehead atoms. The maximum absolute atomic E-state index is 12.6. The van der Waals surface area contributed by atoms with E-state index in [1.165, 1.54) is 10.7 Å². The van der Waals surface area contributed by atoms with Gasteiger partial charge in [0, 0.05) is 19.5 Å². The molecule has 0 aliphatic carbocycles. The predicted molar refractivity (Wildman–Crippen MR) is 85.2 cm³/mol. The zero-order valence-corrected chi connectivity index (χ0v) is 14.1. The summed E-state index contributed by atoms with van der Waals surface area (Å²) < 4.78 is 26.9. The zero-order valence-electron chi connectivity index (χ0n) is 13.3. The Hall–Kier alpha value is -2.75. The highest BCUT2D eigenvalue weighted by atomic mass is 32.2. The van der Waals surface area contributed by atoms with Crippen LogP contribution in [0.5, 0.6) is 0 Å². The van der Waals surface area contributed by atoms with Crippen LogP contribution in [0.1, 0.15) is 29.3 Å². The number of hydrogen-bond donors (Lipinski definition) is 1. The SMILES string of the molecule is C[C@@H](NC(=O)c1nc(S(C)(=O)=O)n2ccccc12)c1nncn1C. The van der Waals surface area contributed by atoms with Crippen molar-refractivity contribution in [3.05, 3.63) is 42.2 Å². The molecule has 10 heteroatoms. The topological polar surface area (TPSA) is 111 Å². The Morgan fingerprint density at radius 2 is 2.08 bits per heavy atom. The largest absolute Gasteiger partial charge is 0.341 e. The number of carbonyl (C=O) groups is 1. The van der Waals surface area contributed by atoms with E-state index in [1.807, 2.05) is 0 Å². The van der Waals surface area contributed by atoms with E-state index in [2.05, 4.69) is 20.5 Å². The number of pyridine rings is 1. The number of hydrogen-bond acceptors (Lipinski definition) is 6. The van der Waals surface area contributed by atoms with Gasteiger partial charge in [0.2, 0.25) is 15.0 Å². The number of nitrogens with one attached hydrogen (secondary N) is 1. The molecule has 0 fully saturated rings. The van der Waals surface area contributed by atoms with Crippen molar-refractivity contribution in [2.45, 2.75) is 18.1 Å². The van der Waals surface area contributed by atoms with Gasteiger partial charge < -0.3 is 9.88 Å². The van der Waals surface area contributed by atoms with E-state index in [1.54, 1.807) is 42.9 Å². The van der Waals surface area contributed by atoms with E-state index in [4.69, 9.17) is 0 Å². The summed E-state index contributed by atoms with van der Waals surface area (Å²) in [5.41, 5.74) is 0.464. The van der Waals surface area contributed by atoms with Gasteiger partial charge in [0.25, 0.3) is 5.91 Å². The average Bonchev–Trinajstić information content (AvgIpc) is 3.10. The molecule has 9 nitrogen and oxygen atoms in total. The molecule has 1 N–H and O–H groups in total. The number of aromatic nitrogens is 5. The fourth-order valence-electron chi connectivity index (χ4n) is 2.45. The Labute approximate surface area is 138 Å². The molecule has 24 heavy (non-hydrogen) atoms. The third-order valence-electron chi connectivity index (χ3n) is 3.54.